The molecule has 0 bridgehead atoms. The monoisotopic (exact) mass is 350 g/mol. The van der Waals surface area contributed by atoms with E-state index in [2.05, 4.69) is 33.0 Å². The number of hydrogen-bond donors (Lipinski definition) is 2. The molecule has 0 unspecified atom stereocenters. The molecule has 0 aliphatic rings. The van der Waals surface area contributed by atoms with Crippen LogP contribution in [-0.2, 0) is 10.2 Å². The third-order valence-corrected chi connectivity index (χ3v) is 3.91. The molecule has 0 radical (unpaired) electrons. The van der Waals surface area contributed by atoms with Crippen LogP contribution in [0.2, 0.25) is 0 Å². The van der Waals surface area contributed by atoms with Crippen LogP contribution in [0.1, 0.15) is 39.7 Å². The Morgan fingerprint density at radius 2 is 1.84 bits per heavy atom. The second-order valence-corrected chi connectivity index (χ2v) is 7.34. The second-order valence-electron chi connectivity index (χ2n) is 7.34. The van der Waals surface area contributed by atoms with Crippen LogP contribution in [0.3, 0.4) is 0 Å². The first-order valence-corrected chi connectivity index (χ1v) is 8.56. The lowest BCUT2D eigenvalue weighted by atomic mass is 9.84. The van der Waals surface area contributed by atoms with Crippen molar-refractivity contribution in [1.82, 2.24) is 10.2 Å². The summed E-state index contributed by atoms with van der Waals surface area (Å²) in [5, 5.41) is 11.5. The molecule has 0 saturated carbocycles. The molecule has 6 nitrogen and oxygen atoms in total. The number of carbonyl (C=O) groups is 2. The van der Waals surface area contributed by atoms with Crippen molar-refractivity contribution in [3.63, 3.8) is 0 Å². The highest BCUT2D eigenvalue weighted by Crippen LogP contribution is 2.25. The molecule has 0 atom stereocenters. The summed E-state index contributed by atoms with van der Waals surface area (Å²) in [5.41, 5.74) is 0.845. The third kappa shape index (κ3) is 7.45. The number of carbonyl (C=O) groups excluding carboxylic acids is 1. The van der Waals surface area contributed by atoms with Gasteiger partial charge in [-0.1, -0.05) is 39.8 Å². The van der Waals surface area contributed by atoms with Crippen LogP contribution >= 0.6 is 0 Å². The van der Waals surface area contributed by atoms with Crippen molar-refractivity contribution in [2.24, 2.45) is 5.92 Å². The normalized spacial score (nSPS) is 11.3. The van der Waals surface area contributed by atoms with Crippen LogP contribution in [0.4, 0.5) is 4.79 Å². The molecule has 140 valence electrons. The van der Waals surface area contributed by atoms with Crippen LogP contribution in [0, 0.1) is 5.92 Å². The average molecular weight is 350 g/mol. The van der Waals surface area contributed by atoms with E-state index in [-0.39, 0.29) is 24.4 Å². The number of nitrogens with zero attached hydrogens (tertiary/aromatic N) is 1. The first kappa shape index (κ1) is 20.8. The maximum absolute atomic E-state index is 12.0. The predicted molar refractivity (Wildman–Crippen MR) is 98.1 cm³/mol. The third-order valence-electron chi connectivity index (χ3n) is 3.91. The van der Waals surface area contributed by atoms with E-state index in [0.29, 0.717) is 19.1 Å². The standard InChI is InChI=1S/C19H30N2O4/c1-14(2)12-25-16-8-6-15(7-9-16)19(3,4)13-20-18(24)21(5)11-10-17(22)23/h6-9,14H,10-13H2,1-5H3,(H,20,24)(H,22,23). The van der Waals surface area contributed by atoms with Gasteiger partial charge < -0.3 is 20.1 Å². The van der Waals surface area contributed by atoms with Gasteiger partial charge in [-0.2, -0.15) is 0 Å². The first-order chi connectivity index (χ1) is 11.6. The number of urea groups is 1. The summed E-state index contributed by atoms with van der Waals surface area (Å²) < 4.78 is 5.69. The van der Waals surface area contributed by atoms with E-state index >= 15 is 0 Å². The fourth-order valence-corrected chi connectivity index (χ4v) is 2.16. The molecule has 0 aliphatic heterocycles. The number of benzene rings is 1. The van der Waals surface area contributed by atoms with E-state index in [1.165, 1.54) is 4.90 Å². The lowest BCUT2D eigenvalue weighted by Crippen LogP contribution is -2.43. The number of hydrogen-bond acceptors (Lipinski definition) is 3. The van der Waals surface area contributed by atoms with Crippen LogP contribution in [0.15, 0.2) is 24.3 Å². The van der Waals surface area contributed by atoms with Crippen molar-refractivity contribution in [2.75, 3.05) is 26.7 Å². The summed E-state index contributed by atoms with van der Waals surface area (Å²) in [6.07, 6.45) is -0.0643. The van der Waals surface area contributed by atoms with Crippen LogP contribution in [0.25, 0.3) is 0 Å². The minimum absolute atomic E-state index is 0.0643. The van der Waals surface area contributed by atoms with E-state index in [1.54, 1.807) is 7.05 Å². The first-order valence-electron chi connectivity index (χ1n) is 8.56. The zero-order valence-corrected chi connectivity index (χ0v) is 15.8. The molecule has 0 heterocycles. The van der Waals surface area contributed by atoms with Gasteiger partial charge in [-0.25, -0.2) is 4.79 Å². The van der Waals surface area contributed by atoms with Gasteiger partial charge in [0.15, 0.2) is 0 Å². The molecule has 0 aromatic heterocycles. The Morgan fingerprint density at radius 3 is 2.36 bits per heavy atom. The Bertz CT molecular complexity index is 567. The van der Waals surface area contributed by atoms with E-state index in [0.717, 1.165) is 11.3 Å². The Balaban J connectivity index is 2.56. The summed E-state index contributed by atoms with van der Waals surface area (Å²) in [6, 6.07) is 7.64. The van der Waals surface area contributed by atoms with Crippen molar-refractivity contribution < 1.29 is 19.4 Å². The fraction of sp³-hybridized carbons (Fsp3) is 0.579. The lowest BCUT2D eigenvalue weighted by molar-refractivity contribution is -0.137. The molecule has 1 rings (SSSR count). The maximum Gasteiger partial charge on any atom is 0.317 e. The topological polar surface area (TPSA) is 78.9 Å². The van der Waals surface area contributed by atoms with Gasteiger partial charge in [-0.3, -0.25) is 4.79 Å². The highest BCUT2D eigenvalue weighted by molar-refractivity contribution is 5.75. The number of amides is 2. The Kier molecular flexibility index (Phi) is 7.74. The van der Waals surface area contributed by atoms with E-state index in [4.69, 9.17) is 9.84 Å². The average Bonchev–Trinajstić information content (AvgIpc) is 2.56. The number of ether oxygens (including phenoxy) is 1. The summed E-state index contributed by atoms with van der Waals surface area (Å²) >= 11 is 0. The molecule has 2 amide bonds. The van der Waals surface area contributed by atoms with Gasteiger partial charge in [0.1, 0.15) is 5.75 Å². The van der Waals surface area contributed by atoms with Crippen molar-refractivity contribution in [2.45, 2.75) is 39.5 Å². The molecule has 0 saturated heterocycles. The fourth-order valence-electron chi connectivity index (χ4n) is 2.16. The van der Waals surface area contributed by atoms with Crippen LogP contribution < -0.4 is 10.1 Å². The molecule has 6 heteroatoms. The Hall–Kier alpha value is -2.24. The minimum atomic E-state index is -0.917. The summed E-state index contributed by atoms with van der Waals surface area (Å²) in [7, 11) is 1.59. The zero-order chi connectivity index (χ0) is 19.0. The quantitative estimate of drug-likeness (QED) is 0.717. The van der Waals surface area contributed by atoms with Crippen molar-refractivity contribution in [3.05, 3.63) is 29.8 Å². The Labute approximate surface area is 150 Å². The minimum Gasteiger partial charge on any atom is -0.493 e. The number of nitrogens with one attached hydrogen (secondary N) is 1. The molecular weight excluding hydrogens is 320 g/mol. The maximum atomic E-state index is 12.0. The van der Waals surface area contributed by atoms with Crippen LogP contribution in [0.5, 0.6) is 5.75 Å². The highest BCUT2D eigenvalue weighted by Gasteiger charge is 2.22. The molecule has 0 spiro atoms. The van der Waals surface area contributed by atoms with E-state index < -0.39 is 5.97 Å². The number of aliphatic carboxylic acids is 1. The van der Waals surface area contributed by atoms with Gasteiger partial charge in [0.25, 0.3) is 0 Å². The SMILES string of the molecule is CC(C)COc1ccc(C(C)(C)CNC(=O)N(C)CCC(=O)O)cc1. The van der Waals surface area contributed by atoms with Gasteiger partial charge in [-0.05, 0) is 23.6 Å². The van der Waals surface area contributed by atoms with Crippen LogP contribution in [-0.4, -0.2) is 48.8 Å². The molecule has 0 aliphatic carbocycles. The van der Waals surface area contributed by atoms with E-state index in [9.17, 15) is 9.59 Å². The highest BCUT2D eigenvalue weighted by atomic mass is 16.5. The number of carboxylic acid groups (broad SMARTS) is 1. The molecular formula is C19H30N2O4. The Morgan fingerprint density at radius 1 is 1.24 bits per heavy atom. The summed E-state index contributed by atoms with van der Waals surface area (Å²) in [4.78, 5) is 24.0. The van der Waals surface area contributed by atoms with Gasteiger partial charge in [0.2, 0.25) is 0 Å². The van der Waals surface area contributed by atoms with Crippen molar-refractivity contribution >= 4 is 12.0 Å². The lowest BCUT2D eigenvalue weighted by Gasteiger charge is -2.27. The van der Waals surface area contributed by atoms with Gasteiger partial charge >= 0.3 is 12.0 Å². The van der Waals surface area contributed by atoms with Crippen molar-refractivity contribution in [3.8, 4) is 5.75 Å². The summed E-state index contributed by atoms with van der Waals surface area (Å²) in [6.45, 7) is 9.63. The molecule has 1 aromatic carbocycles. The number of carboxylic acids is 1. The zero-order valence-electron chi connectivity index (χ0n) is 15.8. The van der Waals surface area contributed by atoms with Gasteiger partial charge in [-0.15, -0.1) is 0 Å². The number of rotatable bonds is 9. The van der Waals surface area contributed by atoms with E-state index in [1.807, 2.05) is 24.3 Å². The van der Waals surface area contributed by atoms with Gasteiger partial charge in [0.05, 0.1) is 13.0 Å². The molecule has 2 N–H and O–H groups in total. The largest absolute Gasteiger partial charge is 0.493 e. The predicted octanol–water partition coefficient (Wildman–Crippen LogP) is 3.12. The second kappa shape index (κ2) is 9.30. The smallest absolute Gasteiger partial charge is 0.317 e. The molecule has 0 fully saturated rings. The van der Waals surface area contributed by atoms with Gasteiger partial charge in [0, 0.05) is 25.6 Å². The van der Waals surface area contributed by atoms with Crippen molar-refractivity contribution in [1.29, 1.82) is 0 Å². The molecule has 25 heavy (non-hydrogen) atoms. The summed E-state index contributed by atoms with van der Waals surface area (Å²) in [5.74, 6) is 0.398. The molecule has 1 aromatic rings.